The van der Waals surface area contributed by atoms with Crippen molar-refractivity contribution in [1.82, 2.24) is 41.0 Å². The molecule has 0 saturated heterocycles. The van der Waals surface area contributed by atoms with Gasteiger partial charge in [0.05, 0.1) is 70.9 Å². The number of ether oxygens (including phenoxy) is 1. The molecule has 0 aliphatic rings. The second-order valence-electron chi connectivity index (χ2n) is 35.5. The van der Waals surface area contributed by atoms with Crippen LogP contribution in [0.4, 0.5) is 13.2 Å². The third kappa shape index (κ3) is 27.8. The third-order valence-electron chi connectivity index (χ3n) is 21.0. The van der Waals surface area contributed by atoms with E-state index in [4.69, 9.17) is 47.9 Å². The lowest BCUT2D eigenvalue weighted by molar-refractivity contribution is -0.119. The molecule has 0 spiro atoms. The number of nitrogens with two attached hydrogens (primary N) is 1. The number of ketones is 1. The van der Waals surface area contributed by atoms with Gasteiger partial charge in [-0.2, -0.15) is 31.8 Å². The smallest absolute Gasteiger partial charge is 0.376 e. The molecule has 0 radical (unpaired) electrons. The zero-order chi connectivity index (χ0) is 93.1. The van der Waals surface area contributed by atoms with Crippen molar-refractivity contribution in [1.29, 1.82) is 0 Å². The summed E-state index contributed by atoms with van der Waals surface area (Å²) in [6.07, 6.45) is 3.67. The molecular formula is C83H126F3N9O22S3Si. The van der Waals surface area contributed by atoms with E-state index in [1.54, 1.807) is 73.6 Å². The van der Waals surface area contributed by atoms with Crippen LogP contribution in [0.2, 0.25) is 18.1 Å². The Morgan fingerprint density at radius 1 is 0.479 bits per heavy atom. The Labute approximate surface area is 712 Å². The van der Waals surface area contributed by atoms with Crippen molar-refractivity contribution in [3.63, 3.8) is 0 Å². The van der Waals surface area contributed by atoms with Gasteiger partial charge in [-0.05, 0) is 152 Å². The quantitative estimate of drug-likeness (QED) is 0.0123. The normalized spacial score (nSPS) is 13.2. The first-order valence-corrected chi connectivity index (χ1v) is 46.0. The van der Waals surface area contributed by atoms with E-state index in [1.165, 1.54) is 75.6 Å². The highest BCUT2D eigenvalue weighted by Gasteiger charge is 2.46. The van der Waals surface area contributed by atoms with E-state index >= 15 is 0 Å². The second-order valence-corrected chi connectivity index (χ2v) is 48.1. The van der Waals surface area contributed by atoms with Crippen LogP contribution in [0, 0.1) is 28.3 Å². The summed E-state index contributed by atoms with van der Waals surface area (Å²) >= 11 is 0. The maximum Gasteiger partial charge on any atom is 0.376 e. The number of benzene rings is 3. The number of aromatic carboxylic acids is 1. The molecule has 9 aromatic rings. The van der Waals surface area contributed by atoms with E-state index < -0.39 is 94.9 Å². The lowest BCUT2D eigenvalue weighted by Gasteiger charge is -2.45. The minimum absolute atomic E-state index is 0.0184. The summed E-state index contributed by atoms with van der Waals surface area (Å²) in [5, 5.41) is 66.5. The zero-order valence-electron chi connectivity index (χ0n) is 74.4. The first kappa shape index (κ1) is 107. The number of carboxylic acid groups (broad SMARTS) is 1. The molecule has 38 heteroatoms. The number of hydrogen-bond acceptors (Lipinski definition) is 30. The van der Waals surface area contributed by atoms with Crippen LogP contribution in [0.25, 0.3) is 23.3 Å². The molecule has 0 unspecified atom stereocenters. The summed E-state index contributed by atoms with van der Waals surface area (Å²) in [5.74, 6) is -2.76. The average Bonchev–Trinajstić information content (AvgIpc) is 1.75. The van der Waals surface area contributed by atoms with Gasteiger partial charge in [0.1, 0.15) is 38.0 Å². The highest BCUT2D eigenvalue weighted by atomic mass is 32.3. The van der Waals surface area contributed by atoms with Crippen LogP contribution in [0.3, 0.4) is 0 Å². The van der Waals surface area contributed by atoms with E-state index in [0.717, 1.165) is 61.2 Å². The molecule has 6 heterocycles. The van der Waals surface area contributed by atoms with E-state index in [9.17, 15) is 64.8 Å². The molecule has 31 nitrogen and oxygen atoms in total. The van der Waals surface area contributed by atoms with Gasteiger partial charge in [-0.1, -0.05) is 145 Å². The lowest BCUT2D eigenvalue weighted by atomic mass is 9.86. The summed E-state index contributed by atoms with van der Waals surface area (Å²) in [7, 11) is -10.6. The molecule has 0 aliphatic heterocycles. The van der Waals surface area contributed by atoms with Crippen LogP contribution in [-0.4, -0.2) is 166 Å². The monoisotopic (exact) mass is 1780 g/mol. The number of hydrogen-bond donors (Lipinski definition) is 11. The lowest BCUT2D eigenvalue weighted by Crippen LogP contribution is -2.43. The van der Waals surface area contributed by atoms with Crippen LogP contribution in [-0.2, 0) is 49.9 Å². The molecule has 0 bridgehead atoms. The third-order valence-corrected chi connectivity index (χ3v) is 33.1. The number of carbonyl (C=O) groups excluding carboxylic acids is 3. The molecule has 0 amide bonds. The number of esters is 1. The van der Waals surface area contributed by atoms with Gasteiger partial charge in [-0.25, -0.2) is 22.8 Å². The molecule has 12 N–H and O–H groups in total. The Bertz CT molecular complexity index is 4590. The van der Waals surface area contributed by atoms with Crippen molar-refractivity contribution in [2.75, 3.05) is 40.1 Å². The Kier molecular flexibility index (Phi) is 37.4. The van der Waals surface area contributed by atoms with E-state index in [1.807, 2.05) is 48.5 Å². The van der Waals surface area contributed by atoms with Crippen molar-refractivity contribution in [3.05, 3.63) is 161 Å². The number of methoxy groups -OCH3 is 1. The molecule has 0 fully saturated rings. The van der Waals surface area contributed by atoms with Gasteiger partial charge in [0.15, 0.2) is 14.1 Å². The van der Waals surface area contributed by atoms with Crippen molar-refractivity contribution in [2.24, 2.45) is 16.6 Å². The number of carbonyl (C=O) groups is 4. The highest BCUT2D eigenvalue weighted by molar-refractivity contribution is 8.26. The van der Waals surface area contributed by atoms with Gasteiger partial charge < -0.3 is 67.0 Å². The van der Waals surface area contributed by atoms with Gasteiger partial charge in [0.2, 0.25) is 34.8 Å². The van der Waals surface area contributed by atoms with Gasteiger partial charge in [-0.3, -0.25) is 32.1 Å². The molecule has 678 valence electrons. The van der Waals surface area contributed by atoms with E-state index in [-0.39, 0.29) is 114 Å². The molecular weight excluding hydrogens is 1660 g/mol. The fraction of sp³-hybridized carbons (Fsp3) is 0.542. The Balaban J connectivity index is 0.000000379. The average molecular weight is 1780 g/mol. The maximum atomic E-state index is 13.2. The number of rotatable bonds is 28. The summed E-state index contributed by atoms with van der Waals surface area (Å²) in [6.45, 7) is 49.7. The van der Waals surface area contributed by atoms with Crippen molar-refractivity contribution < 1.29 is 116 Å². The number of aldehydes is 1. The predicted molar refractivity (Wildman–Crippen MR) is 459 cm³/mol. The van der Waals surface area contributed by atoms with Crippen molar-refractivity contribution >= 4 is 64.1 Å². The van der Waals surface area contributed by atoms with Crippen molar-refractivity contribution in [3.8, 4) is 23.3 Å². The Morgan fingerprint density at radius 3 is 1.09 bits per heavy atom. The SMILES string of the molecule is CC(C)(C(=O)CN)S(O)(O)c1ccc(F)cc1.CC(C)(C=O)CO[Si](C)(C)C(C)(C)C.CC(C)(CO)CO.CC(C)(CO)c1cc(-c2nnc(C(C)(C)S(O)(O)c3ccc(F)cc3)o2)on1.CCC(C)(C)c1cc(-c2nnc(C(C)(C)S(O)(O)c3ccc(F)cc3)o2)on1.CCC(C)(C)c1cc(C(=O)O)on1.CCC(C)(C)c1cc(C(=O)OC)on1. The van der Waals surface area contributed by atoms with Crippen LogP contribution < -0.4 is 5.73 Å². The number of aliphatic hydroxyl groups excluding tert-OH is 3. The minimum Gasteiger partial charge on any atom is -0.475 e. The topological polar surface area (TPSA) is 497 Å². The van der Waals surface area contributed by atoms with Crippen LogP contribution >= 0.6 is 31.8 Å². The van der Waals surface area contributed by atoms with Crippen LogP contribution in [0.1, 0.15) is 241 Å². The van der Waals surface area contributed by atoms with E-state index in [2.05, 4.69) is 112 Å². The largest absolute Gasteiger partial charge is 0.475 e. The number of halogens is 3. The number of aromatic nitrogens is 8. The number of aliphatic hydroxyl groups is 3. The van der Waals surface area contributed by atoms with Gasteiger partial charge in [-0.15, -0.1) is 20.4 Å². The van der Waals surface area contributed by atoms with Crippen LogP contribution in [0.5, 0.6) is 0 Å². The fourth-order valence-electron chi connectivity index (χ4n) is 8.70. The first-order chi connectivity index (χ1) is 55.3. The molecule has 9 rings (SSSR count). The number of nitrogens with zero attached hydrogens (tertiary/aromatic N) is 8. The molecule has 121 heavy (non-hydrogen) atoms. The van der Waals surface area contributed by atoms with E-state index in [0.29, 0.717) is 23.8 Å². The summed E-state index contributed by atoms with van der Waals surface area (Å²) < 4.78 is 141. The zero-order valence-corrected chi connectivity index (χ0v) is 77.8. The Morgan fingerprint density at radius 2 is 0.802 bits per heavy atom. The molecule has 0 atom stereocenters. The summed E-state index contributed by atoms with van der Waals surface area (Å²) in [5.41, 5.74) is 6.35. The summed E-state index contributed by atoms with van der Waals surface area (Å²) in [4.78, 5) is 44.4. The molecule has 3 aromatic carbocycles. The number of Topliss-reactive ketones (excluding diaryl/α,β-unsaturated/α-hetero) is 1. The first-order valence-electron chi connectivity index (χ1n) is 38.5. The maximum absolute atomic E-state index is 13.2. The molecule has 6 aromatic heterocycles. The standard InChI is InChI=1S/C19H24FN3O4S.C18H22FN3O5S.C11H16FNO3S.C11H24O2Si.C10H15NO3.C9H13NO3.C5H12O2/c1-6-18(2,3)15-11-14(27-23-15)16-21-22-17(26-16)19(4,5)28(24,25)13-9-7-12(20)8-10-13;1-17(2,10-23)14-9-13(27-22-14)15-20-21-16(26-15)18(3,4)28(24,25)12-7-5-11(19)6-8-12;1-11(2,10(14)7-13)17(15,16)9-5-3-8(12)4-6-9;1-10(2,3)14(6,7)13-9-11(4,5)8-12;1-5-10(2,3)8-6-7(14-11-8)9(12)13-4;1-4-9(2,3)7-5-6(8(11)12)13-10-7;1-5(2,3-6)4-7/h7-11,24-25H,6H2,1-5H3;5-9,23-25H,10H2,1-4H3;3-6,15-16H,7,13H2,1-2H3;8H,9H2,1-7H3;6H,5H2,1-4H3;5H,4H2,1-3H3,(H,11,12);6-7H,3-4H2,1-2H3. The Hall–Kier alpha value is -8.32. The minimum atomic E-state index is -3.44. The second kappa shape index (κ2) is 42.4. The predicted octanol–water partition coefficient (Wildman–Crippen LogP) is 19.5. The molecule has 0 saturated carbocycles. The number of carboxylic acids is 1. The fourth-order valence-corrected chi connectivity index (χ4v) is 14.2. The van der Waals surface area contributed by atoms with Gasteiger partial charge in [0, 0.05) is 63.4 Å². The highest BCUT2D eigenvalue weighted by Crippen LogP contribution is 2.65. The van der Waals surface area contributed by atoms with Gasteiger partial charge in [0.25, 0.3) is 11.8 Å². The van der Waals surface area contributed by atoms with Gasteiger partial charge >= 0.3 is 11.9 Å². The summed E-state index contributed by atoms with van der Waals surface area (Å²) in [6, 6.07) is 21.1. The van der Waals surface area contributed by atoms with Crippen molar-refractivity contribution in [2.45, 2.75) is 254 Å². The molecule has 0 aliphatic carbocycles. The van der Waals surface area contributed by atoms with Crippen LogP contribution in [0.15, 0.2) is 139 Å².